The third-order valence-corrected chi connectivity index (χ3v) is 2.49. The van der Waals surface area contributed by atoms with Crippen molar-refractivity contribution < 1.29 is 18.0 Å². The van der Waals surface area contributed by atoms with Crippen molar-refractivity contribution in [1.29, 1.82) is 0 Å². The van der Waals surface area contributed by atoms with Gasteiger partial charge in [0, 0.05) is 4.88 Å². The number of nitrogens with zero attached hydrogens (tertiary/aromatic N) is 1. The molecular weight excluding hydrogens is 217 g/mol. The van der Waals surface area contributed by atoms with E-state index in [1.54, 1.807) is 19.2 Å². The number of rotatable bonds is 1. The number of carbonyl (C=O) groups is 1. The Kier molecular flexibility index (Phi) is 2.79. The highest BCUT2D eigenvalue weighted by Crippen LogP contribution is 2.23. The van der Waals surface area contributed by atoms with E-state index in [0.29, 0.717) is 5.69 Å². The van der Waals surface area contributed by atoms with Crippen LogP contribution in [0.2, 0.25) is 0 Å². The lowest BCUT2D eigenvalue weighted by Gasteiger charge is -2.03. The van der Waals surface area contributed by atoms with Gasteiger partial charge in [-0.25, -0.2) is 4.98 Å². The summed E-state index contributed by atoms with van der Waals surface area (Å²) in [6, 6.07) is 0. The van der Waals surface area contributed by atoms with Crippen molar-refractivity contribution in [3.63, 3.8) is 0 Å². The highest BCUT2D eigenvalue weighted by atomic mass is 32.1. The summed E-state index contributed by atoms with van der Waals surface area (Å²) in [5, 5.41) is 1.66. The molecule has 1 amide bonds. The summed E-state index contributed by atoms with van der Waals surface area (Å²) in [6.07, 6.45) is -4.87. The highest BCUT2D eigenvalue weighted by Gasteiger charge is 2.39. The van der Waals surface area contributed by atoms with Crippen molar-refractivity contribution in [2.24, 2.45) is 0 Å². The summed E-state index contributed by atoms with van der Waals surface area (Å²) in [5.41, 5.74) is 0.618. The molecule has 0 fully saturated rings. The number of thiazole rings is 1. The van der Waals surface area contributed by atoms with Gasteiger partial charge in [0.1, 0.15) is 0 Å². The van der Waals surface area contributed by atoms with Crippen LogP contribution >= 0.6 is 11.3 Å². The summed E-state index contributed by atoms with van der Waals surface area (Å²) in [4.78, 5) is 15.0. The van der Waals surface area contributed by atoms with Crippen molar-refractivity contribution in [2.45, 2.75) is 20.0 Å². The fourth-order valence-corrected chi connectivity index (χ4v) is 1.50. The van der Waals surface area contributed by atoms with Crippen molar-refractivity contribution in [3.05, 3.63) is 10.6 Å². The van der Waals surface area contributed by atoms with E-state index in [1.807, 2.05) is 0 Å². The topological polar surface area (TPSA) is 42.0 Å². The van der Waals surface area contributed by atoms with Crippen molar-refractivity contribution in [3.8, 4) is 0 Å². The molecule has 78 valence electrons. The van der Waals surface area contributed by atoms with Gasteiger partial charge in [0.15, 0.2) is 5.13 Å². The maximum absolute atomic E-state index is 11.8. The summed E-state index contributed by atoms with van der Waals surface area (Å²) >= 11 is 1.02. The predicted octanol–water partition coefficient (Wildman–Crippen LogP) is 2.26. The molecule has 0 aliphatic carbocycles. The molecule has 0 aliphatic heterocycles. The number of nitrogens with one attached hydrogen (secondary N) is 1. The minimum absolute atomic E-state index is 0.0256. The van der Waals surface area contributed by atoms with Gasteiger partial charge in [0.25, 0.3) is 0 Å². The summed E-state index contributed by atoms with van der Waals surface area (Å²) < 4.78 is 35.4. The fraction of sp³-hybridized carbons (Fsp3) is 0.429. The molecule has 0 aromatic carbocycles. The molecule has 1 heterocycles. The molecule has 0 saturated heterocycles. The molecule has 7 heteroatoms. The Labute approximate surface area is 82.0 Å². The number of aromatic nitrogens is 1. The van der Waals surface area contributed by atoms with Gasteiger partial charge >= 0.3 is 12.1 Å². The quantitative estimate of drug-likeness (QED) is 0.795. The Morgan fingerprint density at radius 2 is 2.00 bits per heavy atom. The number of halogens is 3. The normalized spacial score (nSPS) is 11.5. The van der Waals surface area contributed by atoms with E-state index in [1.165, 1.54) is 0 Å². The zero-order valence-electron chi connectivity index (χ0n) is 7.40. The third-order valence-electron chi connectivity index (χ3n) is 1.51. The molecule has 0 aliphatic rings. The molecule has 0 unspecified atom stereocenters. The van der Waals surface area contributed by atoms with E-state index < -0.39 is 12.1 Å². The predicted molar refractivity (Wildman–Crippen MR) is 46.3 cm³/mol. The Morgan fingerprint density at radius 3 is 2.36 bits per heavy atom. The fourth-order valence-electron chi connectivity index (χ4n) is 0.694. The zero-order valence-corrected chi connectivity index (χ0v) is 8.21. The van der Waals surface area contributed by atoms with Crippen molar-refractivity contribution in [1.82, 2.24) is 4.98 Å². The lowest BCUT2D eigenvalue weighted by Crippen LogP contribution is -2.29. The van der Waals surface area contributed by atoms with Crippen LogP contribution in [0.5, 0.6) is 0 Å². The average Bonchev–Trinajstić information content (AvgIpc) is 2.29. The number of hydrogen-bond acceptors (Lipinski definition) is 3. The Bertz CT molecular complexity index is 339. The molecule has 14 heavy (non-hydrogen) atoms. The maximum atomic E-state index is 11.8. The number of amides is 1. The number of carbonyl (C=O) groups excluding carboxylic acids is 1. The van der Waals surface area contributed by atoms with Crippen LogP contribution in [0.25, 0.3) is 0 Å². The standard InChI is InChI=1S/C7H7F3N2OS/c1-3-4(2)14-6(11-3)12-5(13)7(8,9)10/h1-2H3,(H,11,12,13). The Balaban J connectivity index is 2.75. The first-order valence-corrected chi connectivity index (χ1v) is 4.44. The molecular formula is C7H7F3N2OS. The number of aryl methyl sites for hydroxylation is 2. The summed E-state index contributed by atoms with van der Waals surface area (Å²) in [5.74, 6) is -1.99. The molecule has 1 aromatic heterocycles. The Morgan fingerprint density at radius 1 is 1.43 bits per heavy atom. The maximum Gasteiger partial charge on any atom is 0.471 e. The van der Waals surface area contributed by atoms with E-state index in [4.69, 9.17) is 0 Å². The van der Waals surface area contributed by atoms with Gasteiger partial charge in [0.2, 0.25) is 0 Å². The summed E-state index contributed by atoms with van der Waals surface area (Å²) in [6.45, 7) is 3.38. The van der Waals surface area contributed by atoms with Gasteiger partial charge < -0.3 is 0 Å². The highest BCUT2D eigenvalue weighted by molar-refractivity contribution is 7.15. The second-order valence-corrected chi connectivity index (χ2v) is 3.82. The first kappa shape index (κ1) is 11.0. The van der Waals surface area contributed by atoms with E-state index in [-0.39, 0.29) is 5.13 Å². The lowest BCUT2D eigenvalue weighted by molar-refractivity contribution is -0.167. The van der Waals surface area contributed by atoms with Crippen LogP contribution in [0.15, 0.2) is 0 Å². The van der Waals surface area contributed by atoms with Crippen molar-refractivity contribution >= 4 is 22.4 Å². The molecule has 0 bridgehead atoms. The van der Waals surface area contributed by atoms with Crippen molar-refractivity contribution in [2.75, 3.05) is 5.32 Å². The minimum atomic E-state index is -4.87. The van der Waals surface area contributed by atoms with Crippen LogP contribution in [-0.2, 0) is 4.79 Å². The van der Waals surface area contributed by atoms with Crippen LogP contribution in [0.4, 0.5) is 18.3 Å². The molecule has 1 rings (SSSR count). The second kappa shape index (κ2) is 3.56. The van der Waals surface area contributed by atoms with Crippen LogP contribution in [-0.4, -0.2) is 17.1 Å². The SMILES string of the molecule is Cc1nc(NC(=O)C(F)(F)F)sc1C. The van der Waals surface area contributed by atoms with E-state index in [2.05, 4.69) is 4.98 Å². The molecule has 0 saturated carbocycles. The van der Waals surface area contributed by atoms with Gasteiger partial charge in [-0.1, -0.05) is 0 Å². The van der Waals surface area contributed by atoms with Crippen LogP contribution in [0, 0.1) is 13.8 Å². The minimum Gasteiger partial charge on any atom is -0.294 e. The van der Waals surface area contributed by atoms with Gasteiger partial charge in [0.05, 0.1) is 5.69 Å². The van der Waals surface area contributed by atoms with E-state index in [0.717, 1.165) is 16.2 Å². The molecule has 1 N–H and O–H groups in total. The lowest BCUT2D eigenvalue weighted by atomic mass is 10.4. The monoisotopic (exact) mass is 224 g/mol. The number of alkyl halides is 3. The molecule has 3 nitrogen and oxygen atoms in total. The van der Waals surface area contributed by atoms with Gasteiger partial charge in [-0.05, 0) is 13.8 Å². The van der Waals surface area contributed by atoms with E-state index in [9.17, 15) is 18.0 Å². The number of hydrogen-bond donors (Lipinski definition) is 1. The van der Waals surface area contributed by atoms with Gasteiger partial charge in [-0.15, -0.1) is 11.3 Å². The number of anilines is 1. The van der Waals surface area contributed by atoms with Gasteiger partial charge in [-0.3, -0.25) is 10.1 Å². The largest absolute Gasteiger partial charge is 0.471 e. The molecule has 0 radical (unpaired) electrons. The molecule has 0 atom stereocenters. The summed E-state index contributed by atoms with van der Waals surface area (Å²) in [7, 11) is 0. The Hall–Kier alpha value is -1.11. The molecule has 1 aromatic rings. The average molecular weight is 224 g/mol. The third kappa shape index (κ3) is 2.44. The van der Waals surface area contributed by atoms with E-state index >= 15 is 0 Å². The molecule has 0 spiro atoms. The second-order valence-electron chi connectivity index (χ2n) is 2.61. The van der Waals surface area contributed by atoms with Gasteiger partial charge in [-0.2, -0.15) is 13.2 Å². The van der Waals surface area contributed by atoms with Crippen LogP contribution in [0.3, 0.4) is 0 Å². The van der Waals surface area contributed by atoms with Crippen LogP contribution in [0.1, 0.15) is 10.6 Å². The first-order chi connectivity index (χ1) is 6.30. The zero-order chi connectivity index (χ0) is 10.9. The smallest absolute Gasteiger partial charge is 0.294 e. The first-order valence-electron chi connectivity index (χ1n) is 3.63. The van der Waals surface area contributed by atoms with Crippen LogP contribution < -0.4 is 5.32 Å².